The molecule has 0 aliphatic carbocycles. The molecule has 0 bridgehead atoms. The molecule has 6 nitrogen and oxygen atoms in total. The molecule has 26 heavy (non-hydrogen) atoms. The van der Waals surface area contributed by atoms with Crippen molar-refractivity contribution in [2.24, 2.45) is 0 Å². The zero-order chi connectivity index (χ0) is 18.1. The van der Waals surface area contributed by atoms with Gasteiger partial charge in [0.2, 0.25) is 0 Å². The number of benzene rings is 2. The molecule has 4 rings (SSSR count). The molecule has 132 valence electrons. The van der Waals surface area contributed by atoms with Gasteiger partial charge in [0.15, 0.2) is 0 Å². The summed E-state index contributed by atoms with van der Waals surface area (Å²) in [6.07, 6.45) is 1.93. The number of hydrogen-bond acceptors (Lipinski definition) is 4. The lowest BCUT2D eigenvalue weighted by Gasteiger charge is -2.18. The van der Waals surface area contributed by atoms with Crippen molar-refractivity contribution in [3.63, 3.8) is 0 Å². The van der Waals surface area contributed by atoms with Gasteiger partial charge in [0.1, 0.15) is 0 Å². The number of anilines is 1. The highest BCUT2D eigenvalue weighted by atomic mass is 16.5. The van der Waals surface area contributed by atoms with E-state index in [-0.39, 0.29) is 12.0 Å². The van der Waals surface area contributed by atoms with Crippen LogP contribution in [0, 0.1) is 0 Å². The molecule has 2 aliphatic rings. The second-order valence-electron chi connectivity index (χ2n) is 6.35. The van der Waals surface area contributed by atoms with Crippen LogP contribution in [0.5, 0.6) is 0 Å². The topological polar surface area (TPSA) is 75.7 Å². The lowest BCUT2D eigenvalue weighted by atomic mass is 10.1. The van der Waals surface area contributed by atoms with E-state index in [9.17, 15) is 14.4 Å². The Kier molecular flexibility index (Phi) is 4.26. The third-order valence-electron chi connectivity index (χ3n) is 4.70. The number of carbonyl (C=O) groups is 3. The van der Waals surface area contributed by atoms with E-state index >= 15 is 0 Å². The van der Waals surface area contributed by atoms with Crippen molar-refractivity contribution in [1.29, 1.82) is 0 Å². The van der Waals surface area contributed by atoms with Crippen molar-refractivity contribution in [1.82, 2.24) is 5.32 Å². The van der Waals surface area contributed by atoms with E-state index in [0.29, 0.717) is 35.5 Å². The number of para-hydroxylation sites is 1. The van der Waals surface area contributed by atoms with Gasteiger partial charge in [-0.05, 0) is 37.1 Å². The molecule has 0 spiro atoms. The maximum atomic E-state index is 12.7. The molecular weight excluding hydrogens is 332 g/mol. The summed E-state index contributed by atoms with van der Waals surface area (Å²) in [5.41, 5.74) is 1.29. The number of rotatable bonds is 4. The molecule has 3 amide bonds. The molecule has 2 aliphatic heterocycles. The number of nitrogens with one attached hydrogen (secondary N) is 1. The largest absolute Gasteiger partial charge is 0.376 e. The van der Waals surface area contributed by atoms with Gasteiger partial charge in [0.05, 0.1) is 28.5 Å². The zero-order valence-corrected chi connectivity index (χ0v) is 14.1. The summed E-state index contributed by atoms with van der Waals surface area (Å²) in [6.45, 7) is 1.13. The average Bonchev–Trinajstić information content (AvgIpc) is 3.28. The Hall–Kier alpha value is -2.99. The highest BCUT2D eigenvalue weighted by Gasteiger charge is 2.37. The Morgan fingerprint density at radius 2 is 1.69 bits per heavy atom. The first-order valence-corrected chi connectivity index (χ1v) is 8.63. The Labute approximate surface area is 150 Å². The number of hydrogen-bond donors (Lipinski definition) is 1. The molecule has 0 unspecified atom stereocenters. The summed E-state index contributed by atoms with van der Waals surface area (Å²) in [5, 5.41) is 2.84. The summed E-state index contributed by atoms with van der Waals surface area (Å²) in [4.78, 5) is 39.1. The average molecular weight is 350 g/mol. The number of carbonyl (C=O) groups excluding carboxylic acids is 3. The minimum absolute atomic E-state index is 0.0189. The summed E-state index contributed by atoms with van der Waals surface area (Å²) >= 11 is 0. The Morgan fingerprint density at radius 3 is 2.35 bits per heavy atom. The van der Waals surface area contributed by atoms with Gasteiger partial charge in [-0.3, -0.25) is 14.4 Å². The second-order valence-corrected chi connectivity index (χ2v) is 6.35. The highest BCUT2D eigenvalue weighted by molar-refractivity contribution is 6.35. The van der Waals surface area contributed by atoms with Gasteiger partial charge in [-0.2, -0.15) is 0 Å². The highest BCUT2D eigenvalue weighted by Crippen LogP contribution is 2.30. The van der Waals surface area contributed by atoms with Crippen molar-refractivity contribution in [2.75, 3.05) is 18.1 Å². The minimum Gasteiger partial charge on any atom is -0.376 e. The van der Waals surface area contributed by atoms with Crippen LogP contribution in [-0.4, -0.2) is 37.0 Å². The van der Waals surface area contributed by atoms with Crippen LogP contribution in [0.15, 0.2) is 48.5 Å². The van der Waals surface area contributed by atoms with Gasteiger partial charge >= 0.3 is 0 Å². The molecule has 2 aromatic carbocycles. The predicted molar refractivity (Wildman–Crippen MR) is 95.3 cm³/mol. The van der Waals surface area contributed by atoms with Crippen LogP contribution in [0.4, 0.5) is 5.69 Å². The number of nitrogens with zero attached hydrogens (tertiary/aromatic N) is 1. The molecule has 1 N–H and O–H groups in total. The fourth-order valence-electron chi connectivity index (χ4n) is 3.38. The number of amides is 3. The second kappa shape index (κ2) is 6.72. The van der Waals surface area contributed by atoms with E-state index in [2.05, 4.69) is 5.32 Å². The summed E-state index contributed by atoms with van der Waals surface area (Å²) in [7, 11) is 0. The van der Waals surface area contributed by atoms with Crippen molar-refractivity contribution >= 4 is 23.4 Å². The van der Waals surface area contributed by atoms with E-state index in [1.54, 1.807) is 48.5 Å². The molecule has 1 saturated heterocycles. The van der Waals surface area contributed by atoms with Crippen molar-refractivity contribution < 1.29 is 19.1 Å². The quantitative estimate of drug-likeness (QED) is 0.859. The van der Waals surface area contributed by atoms with Gasteiger partial charge in [-0.1, -0.05) is 24.3 Å². The third kappa shape index (κ3) is 2.78. The molecule has 2 aromatic rings. The van der Waals surface area contributed by atoms with E-state index in [1.807, 2.05) is 0 Å². The molecule has 0 saturated carbocycles. The number of ether oxygens (including phenoxy) is 1. The van der Waals surface area contributed by atoms with E-state index < -0.39 is 11.8 Å². The van der Waals surface area contributed by atoms with Gasteiger partial charge in [0, 0.05) is 13.2 Å². The first-order valence-electron chi connectivity index (χ1n) is 8.63. The van der Waals surface area contributed by atoms with Crippen molar-refractivity contribution in [2.45, 2.75) is 18.9 Å². The zero-order valence-electron chi connectivity index (χ0n) is 14.1. The maximum absolute atomic E-state index is 12.7. The lowest BCUT2D eigenvalue weighted by molar-refractivity contribution is 0.0858. The number of fused-ring (bicyclic) bond motifs is 1. The molecule has 0 aromatic heterocycles. The molecule has 1 fully saturated rings. The fraction of sp³-hybridized carbons (Fsp3) is 0.250. The van der Waals surface area contributed by atoms with Gasteiger partial charge in [-0.15, -0.1) is 0 Å². The normalized spacial score (nSPS) is 18.9. The monoisotopic (exact) mass is 350 g/mol. The van der Waals surface area contributed by atoms with Crippen LogP contribution in [0.3, 0.4) is 0 Å². The van der Waals surface area contributed by atoms with E-state index in [4.69, 9.17) is 4.74 Å². The van der Waals surface area contributed by atoms with Crippen LogP contribution in [0.1, 0.15) is 43.9 Å². The van der Waals surface area contributed by atoms with E-state index in [1.165, 1.54) is 0 Å². The Bertz CT molecular complexity index is 852. The Balaban J connectivity index is 1.61. The molecule has 2 heterocycles. The third-order valence-corrected chi connectivity index (χ3v) is 4.70. The smallest absolute Gasteiger partial charge is 0.266 e. The predicted octanol–water partition coefficient (Wildman–Crippen LogP) is 2.40. The van der Waals surface area contributed by atoms with Crippen LogP contribution in [-0.2, 0) is 4.74 Å². The van der Waals surface area contributed by atoms with Crippen LogP contribution < -0.4 is 10.2 Å². The van der Waals surface area contributed by atoms with Gasteiger partial charge in [0.25, 0.3) is 17.7 Å². The van der Waals surface area contributed by atoms with Crippen molar-refractivity contribution in [3.8, 4) is 0 Å². The number of imide groups is 1. The van der Waals surface area contributed by atoms with E-state index in [0.717, 1.165) is 17.7 Å². The van der Waals surface area contributed by atoms with Gasteiger partial charge < -0.3 is 10.1 Å². The van der Waals surface area contributed by atoms with Crippen LogP contribution in [0.25, 0.3) is 0 Å². The fourth-order valence-corrected chi connectivity index (χ4v) is 3.38. The summed E-state index contributed by atoms with van der Waals surface area (Å²) in [6, 6.07) is 13.3. The first kappa shape index (κ1) is 16.5. The van der Waals surface area contributed by atoms with Crippen LogP contribution in [0.2, 0.25) is 0 Å². The maximum Gasteiger partial charge on any atom is 0.266 e. The standard InChI is InChI=1S/C20H18N2O4/c23-18(21-12-13-6-5-11-26-13)16-9-3-4-10-17(16)22-19(24)14-7-1-2-8-15(14)20(22)25/h1-4,7-10,13H,5-6,11-12H2,(H,21,23)/t13-/m0/s1. The molecular formula is C20H18N2O4. The molecule has 6 heteroatoms. The Morgan fingerprint density at radius 1 is 1.04 bits per heavy atom. The lowest BCUT2D eigenvalue weighted by Crippen LogP contribution is -2.35. The molecule has 1 atom stereocenters. The summed E-state index contributed by atoms with van der Waals surface area (Å²) in [5.74, 6) is -1.15. The van der Waals surface area contributed by atoms with Crippen molar-refractivity contribution in [3.05, 3.63) is 65.2 Å². The molecule has 0 radical (unpaired) electrons. The van der Waals surface area contributed by atoms with Gasteiger partial charge in [-0.25, -0.2) is 4.90 Å². The first-order chi connectivity index (χ1) is 12.7. The minimum atomic E-state index is -0.412. The van der Waals surface area contributed by atoms with Crippen LogP contribution >= 0.6 is 0 Å². The summed E-state index contributed by atoms with van der Waals surface area (Å²) < 4.78 is 5.51. The SMILES string of the molecule is O=C(NC[C@@H]1CCCO1)c1ccccc1N1C(=O)c2ccccc2C1=O.